The van der Waals surface area contributed by atoms with Crippen LogP contribution in [0.2, 0.25) is 0 Å². The van der Waals surface area contributed by atoms with Crippen molar-refractivity contribution >= 4 is 5.97 Å². The third kappa shape index (κ3) is 3.09. The third-order valence-corrected chi connectivity index (χ3v) is 2.13. The number of nitrogens with zero attached hydrogens (tertiary/aromatic N) is 1. The van der Waals surface area contributed by atoms with Gasteiger partial charge in [0.2, 0.25) is 0 Å². The molecule has 0 aliphatic heterocycles. The van der Waals surface area contributed by atoms with Crippen molar-refractivity contribution in [3.05, 3.63) is 23.0 Å². The van der Waals surface area contributed by atoms with Crippen LogP contribution >= 0.6 is 0 Å². The monoisotopic (exact) mass is 285 g/mol. The Morgan fingerprint density at radius 2 is 1.89 bits per heavy atom. The Labute approximate surface area is 104 Å². The van der Waals surface area contributed by atoms with Crippen LogP contribution in [0.3, 0.4) is 0 Å². The summed E-state index contributed by atoms with van der Waals surface area (Å²) in [5, 5.41) is 0. The molecule has 4 nitrogen and oxygen atoms in total. The van der Waals surface area contributed by atoms with Crippen LogP contribution in [-0.4, -0.2) is 25.2 Å². The Morgan fingerprint density at radius 1 is 1.32 bits per heavy atom. The summed E-state index contributed by atoms with van der Waals surface area (Å²) in [7, 11) is 1.91. The first-order chi connectivity index (χ1) is 8.72. The zero-order valence-electron chi connectivity index (χ0n) is 9.72. The summed E-state index contributed by atoms with van der Waals surface area (Å²) in [6.45, 7) is 0. The Hall–Kier alpha value is -1.93. The van der Waals surface area contributed by atoms with Crippen LogP contribution in [0.1, 0.15) is 28.2 Å². The summed E-state index contributed by atoms with van der Waals surface area (Å²) in [5.74, 6) is -1.77. The predicted octanol–water partition coefficient (Wildman–Crippen LogP) is 2.83. The number of methoxy groups -OCH3 is 2. The number of hydrogen-bond donors (Lipinski definition) is 0. The van der Waals surface area contributed by atoms with E-state index in [1.54, 1.807) is 0 Å². The summed E-state index contributed by atoms with van der Waals surface area (Å²) in [5.41, 5.74) is -3.95. The van der Waals surface area contributed by atoms with Gasteiger partial charge in [0, 0.05) is 0 Å². The Morgan fingerprint density at radius 3 is 2.26 bits per heavy atom. The normalized spacial score (nSPS) is 11.6. The molecule has 0 aliphatic rings. The van der Waals surface area contributed by atoms with Crippen LogP contribution in [0, 0.1) is 0 Å². The fourth-order valence-corrected chi connectivity index (χ4v) is 1.30. The maximum absolute atomic E-state index is 12.6. The number of hydrogen-bond acceptors (Lipinski definition) is 4. The summed E-state index contributed by atoms with van der Waals surface area (Å²) in [6, 6.07) is 0.292. The van der Waals surface area contributed by atoms with Gasteiger partial charge in [-0.15, -0.1) is 0 Å². The van der Waals surface area contributed by atoms with E-state index in [9.17, 15) is 26.7 Å². The van der Waals surface area contributed by atoms with Gasteiger partial charge < -0.3 is 9.47 Å². The molecular weight excluding hydrogens is 277 g/mol. The minimum absolute atomic E-state index is 0.292. The van der Waals surface area contributed by atoms with Crippen LogP contribution in [-0.2, 0) is 10.9 Å². The molecule has 0 amide bonds. The number of ether oxygens (including phenoxy) is 2. The highest BCUT2D eigenvalue weighted by atomic mass is 19.4. The number of rotatable bonds is 3. The highest BCUT2D eigenvalue weighted by Gasteiger charge is 2.39. The molecule has 0 N–H and O–H groups in total. The van der Waals surface area contributed by atoms with Crippen molar-refractivity contribution in [3.8, 4) is 5.75 Å². The van der Waals surface area contributed by atoms with Gasteiger partial charge in [-0.25, -0.2) is 18.6 Å². The van der Waals surface area contributed by atoms with E-state index in [-0.39, 0.29) is 0 Å². The number of aromatic nitrogens is 1. The largest absolute Gasteiger partial charge is 0.494 e. The zero-order chi connectivity index (χ0) is 14.8. The highest BCUT2D eigenvalue weighted by molar-refractivity contribution is 5.90. The SMILES string of the molecule is COC(=O)c1nc(C(F)F)c(C(F)(F)F)cc1OC. The fraction of sp³-hybridized carbons (Fsp3) is 0.400. The van der Waals surface area contributed by atoms with E-state index in [2.05, 4.69) is 14.5 Å². The molecule has 0 bridgehead atoms. The second-order valence-electron chi connectivity index (χ2n) is 3.26. The molecular formula is C10H8F5NO3. The molecule has 0 fully saturated rings. The standard InChI is InChI=1S/C10H8F5NO3/c1-18-5-3-4(10(13,14)15)6(8(11)12)16-7(5)9(17)19-2/h3,8H,1-2H3. The molecule has 0 saturated heterocycles. The van der Waals surface area contributed by atoms with Crippen LogP contribution < -0.4 is 4.74 Å². The zero-order valence-corrected chi connectivity index (χ0v) is 9.72. The highest BCUT2D eigenvalue weighted by Crippen LogP contribution is 2.38. The van der Waals surface area contributed by atoms with Gasteiger partial charge in [0.25, 0.3) is 6.43 Å². The first kappa shape index (κ1) is 15.1. The molecule has 1 aromatic rings. The minimum Gasteiger partial charge on any atom is -0.494 e. The van der Waals surface area contributed by atoms with Crippen molar-refractivity contribution in [2.75, 3.05) is 14.2 Å². The second kappa shape index (κ2) is 5.37. The average Bonchev–Trinajstić information content (AvgIpc) is 2.34. The second-order valence-corrected chi connectivity index (χ2v) is 3.26. The summed E-state index contributed by atoms with van der Waals surface area (Å²) in [4.78, 5) is 14.2. The molecule has 0 spiro atoms. The Bertz CT molecular complexity index is 487. The molecule has 0 saturated carbocycles. The molecule has 19 heavy (non-hydrogen) atoms. The lowest BCUT2D eigenvalue weighted by Gasteiger charge is -2.15. The minimum atomic E-state index is -5.04. The van der Waals surface area contributed by atoms with Crippen LogP contribution in [0.25, 0.3) is 0 Å². The van der Waals surface area contributed by atoms with Crippen molar-refractivity contribution in [2.24, 2.45) is 0 Å². The van der Waals surface area contributed by atoms with Crippen LogP contribution in [0.5, 0.6) is 5.75 Å². The lowest BCUT2D eigenvalue weighted by Crippen LogP contribution is -2.16. The predicted molar refractivity (Wildman–Crippen MR) is 52.1 cm³/mol. The summed E-state index contributed by atoms with van der Waals surface area (Å²) < 4.78 is 71.7. The lowest BCUT2D eigenvalue weighted by atomic mass is 10.1. The third-order valence-electron chi connectivity index (χ3n) is 2.13. The molecule has 106 valence electrons. The molecule has 9 heteroatoms. The summed E-state index contributed by atoms with van der Waals surface area (Å²) >= 11 is 0. The fourth-order valence-electron chi connectivity index (χ4n) is 1.30. The quantitative estimate of drug-likeness (QED) is 0.633. The van der Waals surface area contributed by atoms with E-state index in [1.807, 2.05) is 0 Å². The molecule has 0 aromatic carbocycles. The number of carbonyl (C=O) groups excluding carboxylic acids is 1. The number of halogens is 5. The van der Waals surface area contributed by atoms with E-state index in [0.717, 1.165) is 14.2 Å². The van der Waals surface area contributed by atoms with E-state index in [1.165, 1.54) is 0 Å². The van der Waals surface area contributed by atoms with Gasteiger partial charge in [-0.3, -0.25) is 0 Å². The molecule has 0 aliphatic carbocycles. The average molecular weight is 285 g/mol. The molecule has 0 atom stereocenters. The van der Waals surface area contributed by atoms with Gasteiger partial charge in [0.05, 0.1) is 19.8 Å². The van der Waals surface area contributed by atoms with Gasteiger partial charge in [0.15, 0.2) is 11.4 Å². The van der Waals surface area contributed by atoms with Gasteiger partial charge in [-0.05, 0) is 6.07 Å². The Balaban J connectivity index is 3.56. The van der Waals surface area contributed by atoms with E-state index >= 15 is 0 Å². The van der Waals surface area contributed by atoms with Gasteiger partial charge in [0.1, 0.15) is 5.69 Å². The Kier molecular flexibility index (Phi) is 4.28. The number of alkyl halides is 5. The maximum atomic E-state index is 12.6. The number of pyridine rings is 1. The maximum Gasteiger partial charge on any atom is 0.418 e. The summed E-state index contributed by atoms with van der Waals surface area (Å²) in [6.07, 6.45) is -8.54. The van der Waals surface area contributed by atoms with Crippen molar-refractivity contribution in [1.29, 1.82) is 0 Å². The molecule has 1 heterocycles. The van der Waals surface area contributed by atoms with Crippen molar-refractivity contribution < 1.29 is 36.2 Å². The molecule has 0 radical (unpaired) electrons. The van der Waals surface area contributed by atoms with Crippen molar-refractivity contribution in [3.63, 3.8) is 0 Å². The number of esters is 1. The molecule has 1 aromatic heterocycles. The van der Waals surface area contributed by atoms with E-state index < -0.39 is 41.3 Å². The van der Waals surface area contributed by atoms with Gasteiger partial charge in [-0.1, -0.05) is 0 Å². The van der Waals surface area contributed by atoms with Crippen molar-refractivity contribution in [1.82, 2.24) is 4.98 Å². The van der Waals surface area contributed by atoms with Gasteiger partial charge in [-0.2, -0.15) is 13.2 Å². The van der Waals surface area contributed by atoms with Crippen LogP contribution in [0.4, 0.5) is 22.0 Å². The molecule has 0 unspecified atom stereocenters. The first-order valence-electron chi connectivity index (χ1n) is 4.75. The first-order valence-corrected chi connectivity index (χ1v) is 4.75. The molecule has 1 rings (SSSR count). The van der Waals surface area contributed by atoms with Crippen molar-refractivity contribution in [2.45, 2.75) is 12.6 Å². The smallest absolute Gasteiger partial charge is 0.418 e. The number of carbonyl (C=O) groups is 1. The van der Waals surface area contributed by atoms with E-state index in [0.29, 0.717) is 6.07 Å². The van der Waals surface area contributed by atoms with Gasteiger partial charge >= 0.3 is 12.1 Å². The van der Waals surface area contributed by atoms with E-state index in [4.69, 9.17) is 0 Å². The lowest BCUT2D eigenvalue weighted by molar-refractivity contribution is -0.140. The van der Waals surface area contributed by atoms with Crippen LogP contribution in [0.15, 0.2) is 6.07 Å². The topological polar surface area (TPSA) is 48.4 Å².